The summed E-state index contributed by atoms with van der Waals surface area (Å²) in [5.41, 5.74) is 2.83. The average Bonchev–Trinajstić information content (AvgIpc) is 2.42. The van der Waals surface area contributed by atoms with Crippen molar-refractivity contribution in [3.05, 3.63) is 52.8 Å². The van der Waals surface area contributed by atoms with Gasteiger partial charge < -0.3 is 10.6 Å². The second kappa shape index (κ2) is 5.71. The molecule has 1 aromatic heterocycles. The van der Waals surface area contributed by atoms with Gasteiger partial charge in [-0.2, -0.15) is 0 Å². The van der Waals surface area contributed by atoms with Crippen LogP contribution in [0.3, 0.4) is 0 Å². The Morgan fingerprint density at radius 2 is 2.05 bits per heavy atom. The van der Waals surface area contributed by atoms with Crippen molar-refractivity contribution in [2.75, 3.05) is 17.7 Å². The van der Waals surface area contributed by atoms with Crippen LogP contribution in [0.15, 0.2) is 36.7 Å². The zero-order valence-electron chi connectivity index (χ0n) is 10.7. The van der Waals surface area contributed by atoms with Gasteiger partial charge in [-0.1, -0.05) is 17.7 Å². The maximum atomic E-state index is 12.2. The molecule has 0 saturated carbocycles. The molecule has 0 aliphatic heterocycles. The lowest BCUT2D eigenvalue weighted by Crippen LogP contribution is -2.14. The number of pyridine rings is 1. The van der Waals surface area contributed by atoms with Crippen LogP contribution in [0.25, 0.3) is 0 Å². The van der Waals surface area contributed by atoms with E-state index >= 15 is 0 Å². The summed E-state index contributed by atoms with van der Waals surface area (Å²) in [6, 6.07) is 7.15. The lowest BCUT2D eigenvalue weighted by molar-refractivity contribution is 0.102. The highest BCUT2D eigenvalue weighted by Gasteiger charge is 2.12. The Hall–Kier alpha value is -2.07. The van der Waals surface area contributed by atoms with Gasteiger partial charge in [-0.3, -0.25) is 9.78 Å². The van der Waals surface area contributed by atoms with Gasteiger partial charge in [0, 0.05) is 13.2 Å². The van der Waals surface area contributed by atoms with Crippen molar-refractivity contribution < 1.29 is 4.79 Å². The summed E-state index contributed by atoms with van der Waals surface area (Å²) in [6.07, 6.45) is 3.18. The second-order valence-corrected chi connectivity index (χ2v) is 4.52. The highest BCUT2D eigenvalue weighted by Crippen LogP contribution is 2.24. The maximum absolute atomic E-state index is 12.2. The molecule has 0 spiro atoms. The molecule has 0 aliphatic carbocycles. The van der Waals surface area contributed by atoms with Crippen molar-refractivity contribution in [1.82, 2.24) is 4.98 Å². The highest BCUT2D eigenvalue weighted by molar-refractivity contribution is 6.34. The number of carbonyl (C=O) groups excluding carboxylic acids is 1. The number of rotatable bonds is 3. The molecule has 0 saturated heterocycles. The molecule has 0 radical (unpaired) electrons. The standard InChI is InChI=1S/C14H14ClN3O/c1-9-3-4-11(15)12(7-9)18-14(19)10-5-6-17-8-13(10)16-2/h3-8,16H,1-2H3,(H,18,19). The maximum Gasteiger partial charge on any atom is 0.257 e. The minimum atomic E-state index is -0.223. The number of benzene rings is 1. The topological polar surface area (TPSA) is 54.0 Å². The summed E-state index contributed by atoms with van der Waals surface area (Å²) in [5.74, 6) is -0.223. The molecule has 0 aliphatic rings. The van der Waals surface area contributed by atoms with Gasteiger partial charge in [0.15, 0.2) is 0 Å². The van der Waals surface area contributed by atoms with Crippen molar-refractivity contribution in [2.45, 2.75) is 6.92 Å². The third kappa shape index (κ3) is 3.03. The number of aromatic nitrogens is 1. The third-order valence-electron chi connectivity index (χ3n) is 2.71. The molecule has 2 aromatic rings. The lowest BCUT2D eigenvalue weighted by atomic mass is 10.2. The summed E-state index contributed by atoms with van der Waals surface area (Å²) in [6.45, 7) is 1.94. The average molecular weight is 276 g/mol. The molecule has 5 heteroatoms. The second-order valence-electron chi connectivity index (χ2n) is 4.11. The van der Waals surface area contributed by atoms with E-state index in [9.17, 15) is 4.79 Å². The normalized spacial score (nSPS) is 10.1. The number of nitrogens with zero attached hydrogens (tertiary/aromatic N) is 1. The van der Waals surface area contributed by atoms with E-state index in [0.29, 0.717) is 22.0 Å². The van der Waals surface area contributed by atoms with E-state index in [1.165, 1.54) is 0 Å². The number of amides is 1. The summed E-state index contributed by atoms with van der Waals surface area (Å²) in [4.78, 5) is 16.2. The van der Waals surface area contributed by atoms with Gasteiger partial charge in [-0.05, 0) is 30.7 Å². The largest absolute Gasteiger partial charge is 0.386 e. The molecule has 0 fully saturated rings. The van der Waals surface area contributed by atoms with Gasteiger partial charge in [-0.15, -0.1) is 0 Å². The molecular weight excluding hydrogens is 262 g/mol. The van der Waals surface area contributed by atoms with E-state index in [0.717, 1.165) is 5.56 Å². The molecule has 19 heavy (non-hydrogen) atoms. The number of anilines is 2. The zero-order chi connectivity index (χ0) is 13.8. The van der Waals surface area contributed by atoms with Crippen LogP contribution in [0, 0.1) is 6.92 Å². The molecule has 2 rings (SSSR count). The Bertz CT molecular complexity index is 613. The van der Waals surface area contributed by atoms with Crippen molar-refractivity contribution in [3.63, 3.8) is 0 Å². The Balaban J connectivity index is 2.28. The number of aryl methyl sites for hydroxylation is 1. The third-order valence-corrected chi connectivity index (χ3v) is 3.03. The van der Waals surface area contributed by atoms with Gasteiger partial charge in [0.2, 0.25) is 0 Å². The fourth-order valence-electron chi connectivity index (χ4n) is 1.72. The van der Waals surface area contributed by atoms with Crippen molar-refractivity contribution >= 4 is 28.9 Å². The Morgan fingerprint density at radius 1 is 1.26 bits per heavy atom. The molecule has 0 atom stereocenters. The molecule has 1 aromatic carbocycles. The van der Waals surface area contributed by atoms with E-state index in [1.807, 2.05) is 19.1 Å². The molecular formula is C14H14ClN3O. The molecule has 1 heterocycles. The van der Waals surface area contributed by atoms with Crippen LogP contribution in [0.2, 0.25) is 5.02 Å². The number of hydrogen-bond donors (Lipinski definition) is 2. The first kappa shape index (κ1) is 13.4. The van der Waals surface area contributed by atoms with E-state index < -0.39 is 0 Å². The number of nitrogens with one attached hydrogen (secondary N) is 2. The van der Waals surface area contributed by atoms with E-state index in [2.05, 4.69) is 15.6 Å². The van der Waals surface area contributed by atoms with Crippen molar-refractivity contribution in [2.24, 2.45) is 0 Å². The number of halogens is 1. The van der Waals surface area contributed by atoms with Gasteiger partial charge in [0.05, 0.1) is 28.2 Å². The summed E-state index contributed by atoms with van der Waals surface area (Å²) in [5, 5.41) is 6.25. The van der Waals surface area contributed by atoms with Crippen LogP contribution < -0.4 is 10.6 Å². The highest BCUT2D eigenvalue weighted by atomic mass is 35.5. The number of carbonyl (C=O) groups is 1. The predicted octanol–water partition coefficient (Wildman–Crippen LogP) is 3.34. The van der Waals surface area contributed by atoms with E-state index in [4.69, 9.17) is 11.6 Å². The first-order chi connectivity index (χ1) is 9.11. The number of hydrogen-bond acceptors (Lipinski definition) is 3. The fraction of sp³-hybridized carbons (Fsp3) is 0.143. The van der Waals surface area contributed by atoms with Gasteiger partial charge in [0.1, 0.15) is 0 Å². The van der Waals surface area contributed by atoms with Crippen molar-refractivity contribution in [3.8, 4) is 0 Å². The first-order valence-electron chi connectivity index (χ1n) is 5.81. The van der Waals surface area contributed by atoms with Crippen LogP contribution in [0.4, 0.5) is 11.4 Å². The predicted molar refractivity (Wildman–Crippen MR) is 77.9 cm³/mol. The molecule has 4 nitrogen and oxygen atoms in total. The monoisotopic (exact) mass is 275 g/mol. The van der Waals surface area contributed by atoms with Gasteiger partial charge in [0.25, 0.3) is 5.91 Å². The van der Waals surface area contributed by atoms with E-state index in [1.54, 1.807) is 31.6 Å². The minimum absolute atomic E-state index is 0.223. The SMILES string of the molecule is CNc1cnccc1C(=O)Nc1cc(C)ccc1Cl. The molecule has 2 N–H and O–H groups in total. The first-order valence-corrected chi connectivity index (χ1v) is 6.19. The summed E-state index contributed by atoms with van der Waals surface area (Å²) < 4.78 is 0. The van der Waals surface area contributed by atoms with Crippen LogP contribution in [-0.4, -0.2) is 17.9 Å². The zero-order valence-corrected chi connectivity index (χ0v) is 11.5. The molecule has 0 unspecified atom stereocenters. The Kier molecular flexibility index (Phi) is 4.02. The lowest BCUT2D eigenvalue weighted by Gasteiger charge is -2.10. The fourth-order valence-corrected chi connectivity index (χ4v) is 1.88. The quantitative estimate of drug-likeness (QED) is 0.903. The molecule has 98 valence electrons. The Morgan fingerprint density at radius 3 is 2.79 bits per heavy atom. The van der Waals surface area contributed by atoms with Gasteiger partial charge in [-0.25, -0.2) is 0 Å². The summed E-state index contributed by atoms with van der Waals surface area (Å²) in [7, 11) is 1.74. The van der Waals surface area contributed by atoms with E-state index in [-0.39, 0.29) is 5.91 Å². The van der Waals surface area contributed by atoms with Gasteiger partial charge >= 0.3 is 0 Å². The minimum Gasteiger partial charge on any atom is -0.386 e. The van der Waals surface area contributed by atoms with Crippen LogP contribution in [0.1, 0.15) is 15.9 Å². The van der Waals surface area contributed by atoms with Crippen LogP contribution in [0.5, 0.6) is 0 Å². The summed E-state index contributed by atoms with van der Waals surface area (Å²) >= 11 is 6.06. The van der Waals surface area contributed by atoms with Crippen molar-refractivity contribution in [1.29, 1.82) is 0 Å². The molecule has 0 bridgehead atoms. The van der Waals surface area contributed by atoms with Crippen LogP contribution in [-0.2, 0) is 0 Å². The van der Waals surface area contributed by atoms with Crippen LogP contribution >= 0.6 is 11.6 Å². The Labute approximate surface area is 116 Å². The smallest absolute Gasteiger partial charge is 0.257 e. The molecule has 1 amide bonds.